The molecule has 0 amide bonds. The van der Waals surface area contributed by atoms with Crippen molar-refractivity contribution in [3.8, 4) is 0 Å². The number of hydrogen-bond acceptors (Lipinski definition) is 3. The van der Waals surface area contributed by atoms with E-state index >= 15 is 0 Å². The molecule has 0 aromatic carbocycles. The fourth-order valence-corrected chi connectivity index (χ4v) is 0.917. The Kier molecular flexibility index (Phi) is 2.19. The number of ether oxygens (including phenoxy) is 1. The van der Waals surface area contributed by atoms with E-state index in [-0.39, 0.29) is 0 Å². The highest BCUT2D eigenvalue weighted by molar-refractivity contribution is 5.57. The molecule has 0 radical (unpaired) electrons. The summed E-state index contributed by atoms with van der Waals surface area (Å²) in [6.07, 6.45) is 1.05. The van der Waals surface area contributed by atoms with Gasteiger partial charge in [0.15, 0.2) is 6.29 Å². The Morgan fingerprint density at radius 1 is 1.67 bits per heavy atom. The van der Waals surface area contributed by atoms with Crippen LogP contribution in [-0.4, -0.2) is 30.2 Å². The molecule has 9 heavy (non-hydrogen) atoms. The van der Waals surface area contributed by atoms with Crippen molar-refractivity contribution >= 4 is 6.29 Å². The van der Waals surface area contributed by atoms with Crippen LogP contribution in [-0.2, 0) is 9.53 Å². The van der Waals surface area contributed by atoms with E-state index in [2.05, 4.69) is 0 Å². The third kappa shape index (κ3) is 1.50. The summed E-state index contributed by atoms with van der Waals surface area (Å²) < 4.78 is 4.92. The molecule has 0 aromatic rings. The summed E-state index contributed by atoms with van der Waals surface area (Å²) in [7, 11) is 0. The molecule has 2 atom stereocenters. The van der Waals surface area contributed by atoms with E-state index in [9.17, 15) is 4.79 Å². The van der Waals surface area contributed by atoms with Crippen molar-refractivity contribution in [2.45, 2.75) is 25.0 Å². The van der Waals surface area contributed by atoms with Crippen molar-refractivity contribution in [2.24, 2.45) is 0 Å². The molecule has 1 N–H and O–H groups in total. The molecule has 1 rings (SSSR count). The second-order valence-corrected chi connectivity index (χ2v) is 2.18. The van der Waals surface area contributed by atoms with Crippen LogP contribution in [0.3, 0.4) is 0 Å². The van der Waals surface area contributed by atoms with Gasteiger partial charge in [0.05, 0.1) is 6.10 Å². The van der Waals surface area contributed by atoms with Gasteiger partial charge in [0, 0.05) is 6.61 Å². The van der Waals surface area contributed by atoms with Crippen LogP contribution in [0.15, 0.2) is 0 Å². The minimum atomic E-state index is -0.573. The van der Waals surface area contributed by atoms with Crippen LogP contribution in [0.1, 0.15) is 12.8 Å². The average molecular weight is 130 g/mol. The van der Waals surface area contributed by atoms with Crippen molar-refractivity contribution in [1.29, 1.82) is 0 Å². The van der Waals surface area contributed by atoms with Gasteiger partial charge >= 0.3 is 0 Å². The Morgan fingerprint density at radius 3 is 2.89 bits per heavy atom. The zero-order valence-corrected chi connectivity index (χ0v) is 5.12. The third-order valence-corrected chi connectivity index (χ3v) is 1.47. The summed E-state index contributed by atoms with van der Waals surface area (Å²) in [4.78, 5) is 10.1. The largest absolute Gasteiger partial charge is 0.390 e. The molecular formula is C6H10O3. The van der Waals surface area contributed by atoms with Crippen molar-refractivity contribution in [2.75, 3.05) is 6.61 Å². The molecule has 3 nitrogen and oxygen atoms in total. The SMILES string of the molecule is O=C[C@@H]1OCCC[C@@H]1O. The molecular weight excluding hydrogens is 120 g/mol. The van der Waals surface area contributed by atoms with Crippen LogP contribution in [0.4, 0.5) is 0 Å². The molecule has 0 bridgehead atoms. The molecule has 1 aliphatic heterocycles. The molecule has 1 saturated heterocycles. The first kappa shape index (κ1) is 6.71. The summed E-state index contributed by atoms with van der Waals surface area (Å²) in [5.41, 5.74) is 0. The molecule has 1 heterocycles. The normalized spacial score (nSPS) is 36.1. The number of aliphatic hydroxyl groups is 1. The molecule has 1 aliphatic rings. The van der Waals surface area contributed by atoms with Crippen LogP contribution in [0.5, 0.6) is 0 Å². The van der Waals surface area contributed by atoms with Crippen molar-refractivity contribution in [3.63, 3.8) is 0 Å². The van der Waals surface area contributed by atoms with Gasteiger partial charge in [-0.3, -0.25) is 0 Å². The Bertz CT molecular complexity index is 102. The predicted octanol–water partition coefficient (Wildman–Crippen LogP) is -0.275. The zero-order valence-electron chi connectivity index (χ0n) is 5.12. The molecule has 1 fully saturated rings. The molecule has 0 aromatic heterocycles. The van der Waals surface area contributed by atoms with Crippen LogP contribution in [0, 0.1) is 0 Å². The van der Waals surface area contributed by atoms with E-state index in [1.165, 1.54) is 0 Å². The molecule has 0 spiro atoms. The minimum absolute atomic E-state index is 0.571. The van der Waals surface area contributed by atoms with Gasteiger partial charge in [-0.25, -0.2) is 0 Å². The van der Waals surface area contributed by atoms with Gasteiger partial charge in [0.2, 0.25) is 0 Å². The fraction of sp³-hybridized carbons (Fsp3) is 0.833. The molecule has 3 heteroatoms. The van der Waals surface area contributed by atoms with Gasteiger partial charge in [0.1, 0.15) is 6.10 Å². The first-order valence-corrected chi connectivity index (χ1v) is 3.09. The van der Waals surface area contributed by atoms with E-state index in [4.69, 9.17) is 9.84 Å². The van der Waals surface area contributed by atoms with Crippen LogP contribution in [0.25, 0.3) is 0 Å². The maximum atomic E-state index is 10.1. The average Bonchev–Trinajstić information content (AvgIpc) is 1.89. The number of hydrogen-bond donors (Lipinski definition) is 1. The first-order chi connectivity index (χ1) is 4.34. The molecule has 0 aliphatic carbocycles. The van der Waals surface area contributed by atoms with Crippen LogP contribution < -0.4 is 0 Å². The molecule has 0 saturated carbocycles. The molecule has 52 valence electrons. The summed E-state index contributed by atoms with van der Waals surface area (Å²) in [5, 5.41) is 9.01. The van der Waals surface area contributed by atoms with Crippen LogP contribution in [0.2, 0.25) is 0 Å². The molecule has 0 unspecified atom stereocenters. The minimum Gasteiger partial charge on any atom is -0.390 e. The summed E-state index contributed by atoms with van der Waals surface area (Å²) in [6.45, 7) is 0.598. The maximum absolute atomic E-state index is 10.1. The lowest BCUT2D eigenvalue weighted by atomic mass is 10.1. The summed E-state index contributed by atoms with van der Waals surface area (Å²) in [6, 6.07) is 0. The van der Waals surface area contributed by atoms with Gasteiger partial charge < -0.3 is 14.6 Å². The Labute approximate surface area is 53.6 Å². The second kappa shape index (κ2) is 2.94. The maximum Gasteiger partial charge on any atom is 0.151 e. The summed E-state index contributed by atoms with van der Waals surface area (Å²) >= 11 is 0. The second-order valence-electron chi connectivity index (χ2n) is 2.18. The van der Waals surface area contributed by atoms with Gasteiger partial charge in [0.25, 0.3) is 0 Å². The highest BCUT2D eigenvalue weighted by atomic mass is 16.5. The highest BCUT2D eigenvalue weighted by Gasteiger charge is 2.22. The van der Waals surface area contributed by atoms with E-state index in [0.29, 0.717) is 19.3 Å². The lowest BCUT2D eigenvalue weighted by Gasteiger charge is -2.22. The number of carbonyl (C=O) groups excluding carboxylic acids is 1. The lowest BCUT2D eigenvalue weighted by Crippen LogP contribution is -2.34. The standard InChI is InChI=1S/C6H10O3/c7-4-6-5(8)2-1-3-9-6/h4-6,8H,1-3H2/t5-,6-/m0/s1. The van der Waals surface area contributed by atoms with Crippen molar-refractivity contribution in [1.82, 2.24) is 0 Å². The third-order valence-electron chi connectivity index (χ3n) is 1.47. The highest BCUT2D eigenvalue weighted by Crippen LogP contribution is 2.11. The zero-order chi connectivity index (χ0) is 6.69. The van der Waals surface area contributed by atoms with Crippen LogP contribution >= 0.6 is 0 Å². The Balaban J connectivity index is 2.38. The predicted molar refractivity (Wildman–Crippen MR) is 31.0 cm³/mol. The number of aldehydes is 1. The topological polar surface area (TPSA) is 46.5 Å². The van der Waals surface area contributed by atoms with E-state index in [1.807, 2.05) is 0 Å². The van der Waals surface area contributed by atoms with Gasteiger partial charge in [-0.15, -0.1) is 0 Å². The van der Waals surface area contributed by atoms with Gasteiger partial charge in [-0.2, -0.15) is 0 Å². The van der Waals surface area contributed by atoms with Gasteiger partial charge in [-0.05, 0) is 12.8 Å². The lowest BCUT2D eigenvalue weighted by molar-refractivity contribution is -0.131. The quantitative estimate of drug-likeness (QED) is 0.497. The number of carbonyl (C=O) groups is 1. The summed E-state index contributed by atoms with van der Waals surface area (Å²) in [5.74, 6) is 0. The first-order valence-electron chi connectivity index (χ1n) is 3.09. The van der Waals surface area contributed by atoms with E-state index in [0.717, 1.165) is 6.42 Å². The smallest absolute Gasteiger partial charge is 0.151 e. The number of rotatable bonds is 1. The van der Waals surface area contributed by atoms with E-state index < -0.39 is 12.2 Å². The Morgan fingerprint density at radius 2 is 2.44 bits per heavy atom. The monoisotopic (exact) mass is 130 g/mol. The van der Waals surface area contributed by atoms with Crippen molar-refractivity contribution in [3.05, 3.63) is 0 Å². The van der Waals surface area contributed by atoms with E-state index in [1.54, 1.807) is 0 Å². The van der Waals surface area contributed by atoms with Crippen molar-refractivity contribution < 1.29 is 14.6 Å². The van der Waals surface area contributed by atoms with Gasteiger partial charge in [-0.1, -0.05) is 0 Å². The Hall–Kier alpha value is -0.410. The fourth-order valence-electron chi connectivity index (χ4n) is 0.917. The number of aliphatic hydroxyl groups excluding tert-OH is 1.